The van der Waals surface area contributed by atoms with Crippen LogP contribution < -0.4 is 9.47 Å². The third kappa shape index (κ3) is 4.28. The van der Waals surface area contributed by atoms with Gasteiger partial charge in [0.1, 0.15) is 17.1 Å². The van der Waals surface area contributed by atoms with E-state index in [2.05, 4.69) is 0 Å². The summed E-state index contributed by atoms with van der Waals surface area (Å²) in [4.78, 5) is 25.0. The molecule has 0 saturated carbocycles. The van der Waals surface area contributed by atoms with Crippen LogP contribution in [-0.2, 0) is 9.53 Å². The van der Waals surface area contributed by atoms with Crippen molar-refractivity contribution in [3.05, 3.63) is 51.9 Å². The van der Waals surface area contributed by atoms with Crippen LogP contribution in [0.4, 0.5) is 0 Å². The molecule has 0 N–H and O–H groups in total. The number of carbonyl (C=O) groups is 2. The number of thiophene rings is 1. The molecule has 25 heavy (non-hydrogen) atoms. The molecule has 6 heteroatoms. The van der Waals surface area contributed by atoms with E-state index in [0.29, 0.717) is 17.1 Å². The summed E-state index contributed by atoms with van der Waals surface area (Å²) in [5.41, 5.74) is -0.0810. The molecule has 0 aliphatic carbocycles. The van der Waals surface area contributed by atoms with Gasteiger partial charge in [0.2, 0.25) is 5.78 Å². The molecule has 0 fully saturated rings. The molecule has 5 nitrogen and oxygen atoms in total. The van der Waals surface area contributed by atoms with E-state index in [1.807, 2.05) is 17.5 Å². The third-order valence-electron chi connectivity index (χ3n) is 3.23. The van der Waals surface area contributed by atoms with Crippen LogP contribution in [0, 0.1) is 0 Å². The van der Waals surface area contributed by atoms with Crippen LogP contribution in [0.5, 0.6) is 11.5 Å². The van der Waals surface area contributed by atoms with Crippen LogP contribution in [0.2, 0.25) is 0 Å². The summed E-state index contributed by atoms with van der Waals surface area (Å²) < 4.78 is 16.3. The maximum Gasteiger partial charge on any atom is 0.344 e. The Labute approximate surface area is 149 Å². The number of fused-ring (bicyclic) bond motifs is 1. The number of benzene rings is 1. The molecule has 1 aromatic carbocycles. The van der Waals surface area contributed by atoms with Crippen LogP contribution in [0.15, 0.2) is 41.5 Å². The lowest BCUT2D eigenvalue weighted by Gasteiger charge is -2.19. The van der Waals surface area contributed by atoms with E-state index < -0.39 is 11.6 Å². The van der Waals surface area contributed by atoms with E-state index >= 15 is 0 Å². The summed E-state index contributed by atoms with van der Waals surface area (Å²) in [5.74, 6) is 0.524. The highest BCUT2D eigenvalue weighted by Crippen LogP contribution is 2.35. The number of Topliss-reactive ketones (excluding diaryl/α,β-unsaturated/α-hetero) is 1. The lowest BCUT2D eigenvalue weighted by Crippen LogP contribution is -2.27. The number of ether oxygens (including phenoxy) is 3. The van der Waals surface area contributed by atoms with Crippen LogP contribution in [0.1, 0.15) is 36.0 Å². The van der Waals surface area contributed by atoms with Gasteiger partial charge >= 0.3 is 5.97 Å². The van der Waals surface area contributed by atoms with Gasteiger partial charge in [-0.05, 0) is 44.4 Å². The first-order valence-electron chi connectivity index (χ1n) is 7.78. The molecule has 130 valence electrons. The maximum absolute atomic E-state index is 12.4. The zero-order valence-electron chi connectivity index (χ0n) is 14.2. The van der Waals surface area contributed by atoms with Gasteiger partial charge in [0, 0.05) is 17.0 Å². The highest BCUT2D eigenvalue weighted by Gasteiger charge is 2.28. The molecule has 3 rings (SSSR count). The molecule has 1 aliphatic rings. The number of hydrogen-bond acceptors (Lipinski definition) is 6. The minimum absolute atomic E-state index is 0.165. The second-order valence-electron chi connectivity index (χ2n) is 6.49. The Morgan fingerprint density at radius 2 is 2.08 bits per heavy atom. The second-order valence-corrected chi connectivity index (χ2v) is 7.47. The fourth-order valence-corrected chi connectivity index (χ4v) is 2.92. The van der Waals surface area contributed by atoms with Gasteiger partial charge in [-0.3, -0.25) is 4.79 Å². The van der Waals surface area contributed by atoms with Crippen molar-refractivity contribution in [2.45, 2.75) is 26.4 Å². The summed E-state index contributed by atoms with van der Waals surface area (Å²) in [7, 11) is 0. The van der Waals surface area contributed by atoms with Gasteiger partial charge in [0.25, 0.3) is 0 Å². The molecular formula is C19H18O5S. The first kappa shape index (κ1) is 17.2. The molecule has 2 aromatic rings. The van der Waals surface area contributed by atoms with Crippen molar-refractivity contribution in [3.8, 4) is 11.5 Å². The molecule has 0 atom stereocenters. The summed E-state index contributed by atoms with van der Waals surface area (Å²) >= 11 is 1.52. The van der Waals surface area contributed by atoms with Crippen LogP contribution in [-0.4, -0.2) is 24.0 Å². The van der Waals surface area contributed by atoms with Gasteiger partial charge in [0.15, 0.2) is 12.4 Å². The van der Waals surface area contributed by atoms with Gasteiger partial charge in [-0.1, -0.05) is 6.07 Å². The van der Waals surface area contributed by atoms with Crippen molar-refractivity contribution in [1.29, 1.82) is 0 Å². The Kier molecular flexibility index (Phi) is 4.63. The molecule has 0 bridgehead atoms. The predicted molar refractivity (Wildman–Crippen MR) is 95.0 cm³/mol. The van der Waals surface area contributed by atoms with Gasteiger partial charge < -0.3 is 14.2 Å². The first-order chi connectivity index (χ1) is 11.8. The lowest BCUT2D eigenvalue weighted by atomic mass is 10.1. The monoisotopic (exact) mass is 358 g/mol. The Bertz CT molecular complexity index is 828. The smallest absolute Gasteiger partial charge is 0.344 e. The molecule has 1 aromatic heterocycles. The largest absolute Gasteiger partial charge is 0.482 e. The van der Waals surface area contributed by atoms with Gasteiger partial charge in [-0.15, -0.1) is 11.3 Å². The van der Waals surface area contributed by atoms with Gasteiger partial charge in [-0.25, -0.2) is 4.79 Å². The molecule has 1 aliphatic heterocycles. The SMILES string of the molecule is CC(C)(C)OC(=O)COc1ccc2c(c1)OC(=Cc1cccs1)C2=O. The summed E-state index contributed by atoms with van der Waals surface area (Å²) in [5, 5.41) is 1.93. The maximum atomic E-state index is 12.4. The van der Waals surface area contributed by atoms with E-state index in [0.717, 1.165) is 4.88 Å². The number of allylic oxidation sites excluding steroid dienone is 1. The Hall–Kier alpha value is -2.60. The van der Waals surface area contributed by atoms with E-state index in [1.165, 1.54) is 11.3 Å². The first-order valence-corrected chi connectivity index (χ1v) is 8.66. The zero-order valence-corrected chi connectivity index (χ0v) is 15.0. The van der Waals surface area contributed by atoms with E-state index in [1.54, 1.807) is 45.0 Å². The molecule has 0 amide bonds. The van der Waals surface area contributed by atoms with Crippen LogP contribution in [0.25, 0.3) is 6.08 Å². The van der Waals surface area contributed by atoms with Crippen molar-refractivity contribution >= 4 is 29.2 Å². The molecule has 0 saturated heterocycles. The standard InChI is InChI=1S/C19H18O5S/c1-19(2,3)24-17(20)11-22-12-6-7-14-15(9-12)23-16(18(14)21)10-13-5-4-8-25-13/h4-10H,11H2,1-3H3. The van der Waals surface area contributed by atoms with E-state index in [-0.39, 0.29) is 18.1 Å². The quantitative estimate of drug-likeness (QED) is 0.609. The van der Waals surface area contributed by atoms with Crippen molar-refractivity contribution in [2.75, 3.05) is 6.61 Å². The second kappa shape index (κ2) is 6.72. The predicted octanol–water partition coefficient (Wildman–Crippen LogP) is 4.08. The third-order valence-corrected chi connectivity index (χ3v) is 4.05. The van der Waals surface area contributed by atoms with Crippen molar-refractivity contribution < 1.29 is 23.8 Å². The zero-order chi connectivity index (χ0) is 18.0. The highest BCUT2D eigenvalue weighted by molar-refractivity contribution is 7.10. The van der Waals surface area contributed by atoms with Crippen LogP contribution >= 0.6 is 11.3 Å². The lowest BCUT2D eigenvalue weighted by molar-refractivity contribution is -0.157. The molecule has 0 spiro atoms. The molecular weight excluding hydrogens is 340 g/mol. The Balaban J connectivity index is 1.69. The van der Waals surface area contributed by atoms with Crippen molar-refractivity contribution in [3.63, 3.8) is 0 Å². The molecule has 2 heterocycles. The number of ketones is 1. The minimum Gasteiger partial charge on any atom is -0.482 e. The minimum atomic E-state index is -0.560. The number of carbonyl (C=O) groups excluding carboxylic acids is 2. The number of hydrogen-bond donors (Lipinski definition) is 0. The summed E-state index contributed by atoms with van der Waals surface area (Å²) in [6.07, 6.45) is 1.72. The summed E-state index contributed by atoms with van der Waals surface area (Å²) in [6.45, 7) is 5.17. The average Bonchev–Trinajstić information content (AvgIpc) is 3.13. The number of rotatable bonds is 4. The van der Waals surface area contributed by atoms with E-state index in [9.17, 15) is 9.59 Å². The van der Waals surface area contributed by atoms with Gasteiger partial charge in [0.05, 0.1) is 5.56 Å². The molecule has 0 radical (unpaired) electrons. The Morgan fingerprint density at radius 3 is 2.76 bits per heavy atom. The summed E-state index contributed by atoms with van der Waals surface area (Å²) in [6, 6.07) is 8.70. The number of esters is 1. The topological polar surface area (TPSA) is 61.8 Å². The normalized spacial score (nSPS) is 15.0. The van der Waals surface area contributed by atoms with Crippen LogP contribution in [0.3, 0.4) is 0 Å². The van der Waals surface area contributed by atoms with E-state index in [4.69, 9.17) is 14.2 Å². The molecule has 0 unspecified atom stereocenters. The van der Waals surface area contributed by atoms with Crippen molar-refractivity contribution in [2.24, 2.45) is 0 Å². The average molecular weight is 358 g/mol. The highest BCUT2D eigenvalue weighted by atomic mass is 32.1. The fraction of sp³-hybridized carbons (Fsp3) is 0.263. The van der Waals surface area contributed by atoms with Crippen molar-refractivity contribution in [1.82, 2.24) is 0 Å². The fourth-order valence-electron chi connectivity index (χ4n) is 2.27. The Morgan fingerprint density at radius 1 is 1.28 bits per heavy atom. The van der Waals surface area contributed by atoms with Gasteiger partial charge in [-0.2, -0.15) is 0 Å².